The molecule has 0 heterocycles. The molecule has 0 amide bonds. The topological polar surface area (TPSA) is 49.7 Å². The summed E-state index contributed by atoms with van der Waals surface area (Å²) in [5.74, 6) is -0.0764. The second-order valence-electron chi connectivity index (χ2n) is 1.58. The Morgan fingerprint density at radius 3 is 2.30 bits per heavy atom. The van der Waals surface area contributed by atoms with Crippen molar-refractivity contribution in [3.63, 3.8) is 0 Å². The molecule has 1 N–H and O–H groups in total. The predicted molar refractivity (Wildman–Crippen MR) is 39.3 cm³/mol. The maximum absolute atomic E-state index is 9.82. The average molecular weight is 146 g/mol. The number of benzene rings is 1. The third-order valence-electron chi connectivity index (χ3n) is 0.980. The molecule has 3 nitrogen and oxygen atoms in total. The zero-order chi connectivity index (χ0) is 6.69. The Labute approximate surface area is 80.3 Å². The number of phenols is 1. The van der Waals surface area contributed by atoms with Gasteiger partial charge in [-0.1, -0.05) is 12.1 Å². The second kappa shape index (κ2) is 4.44. The number of nitrogens with zero attached hydrogens (tertiary/aromatic N) is 1. The summed E-state index contributed by atoms with van der Waals surface area (Å²) in [6, 6.07) is 6.12. The van der Waals surface area contributed by atoms with E-state index in [1.54, 1.807) is 12.1 Å². The van der Waals surface area contributed by atoms with E-state index in [9.17, 15) is 4.91 Å². The molecule has 0 aliphatic heterocycles. The molecule has 0 bridgehead atoms. The van der Waals surface area contributed by atoms with Crippen LogP contribution in [0.3, 0.4) is 0 Å². The first-order chi connectivity index (χ1) is 4.34. The molecule has 1 aromatic rings. The van der Waals surface area contributed by atoms with E-state index in [0.29, 0.717) is 0 Å². The second-order valence-corrected chi connectivity index (χ2v) is 1.58. The molecule has 0 unspecified atom stereocenters. The minimum atomic E-state index is -0.0764. The van der Waals surface area contributed by atoms with E-state index >= 15 is 0 Å². The van der Waals surface area contributed by atoms with Crippen LogP contribution in [-0.4, -0.2) is 34.7 Å². The van der Waals surface area contributed by atoms with Crippen LogP contribution >= 0.6 is 0 Å². The average Bonchev–Trinajstić information content (AvgIpc) is 1.89. The monoisotopic (exact) mass is 146 g/mol. The summed E-state index contributed by atoms with van der Waals surface area (Å²) in [6.07, 6.45) is 0. The first-order valence-corrected chi connectivity index (χ1v) is 2.46. The molecule has 0 atom stereocenters. The molecule has 0 aliphatic carbocycles. The smallest absolute Gasteiger partial charge is 0.149 e. The summed E-state index contributed by atoms with van der Waals surface area (Å²) < 4.78 is 0. The largest absolute Gasteiger partial charge is 0.506 e. The van der Waals surface area contributed by atoms with Crippen LogP contribution in [0.15, 0.2) is 29.4 Å². The van der Waals surface area contributed by atoms with Crippen LogP contribution in [0.4, 0.5) is 5.69 Å². The number of phenolic OH excluding ortho intramolecular Hbond substituents is 1. The van der Waals surface area contributed by atoms with Crippen molar-refractivity contribution in [3.8, 4) is 5.75 Å². The Kier molecular flexibility index (Phi) is 4.27. The van der Waals surface area contributed by atoms with Crippen LogP contribution in [0.5, 0.6) is 5.75 Å². The zero-order valence-corrected chi connectivity index (χ0v) is 7.61. The van der Waals surface area contributed by atoms with E-state index in [1.807, 2.05) is 0 Å². The molecule has 1 rings (SSSR count). The van der Waals surface area contributed by atoms with Gasteiger partial charge < -0.3 is 5.11 Å². The Morgan fingerprint density at radius 2 is 1.90 bits per heavy atom. The van der Waals surface area contributed by atoms with Crippen molar-refractivity contribution in [3.05, 3.63) is 29.2 Å². The summed E-state index contributed by atoms with van der Waals surface area (Å²) in [5, 5.41) is 11.4. The van der Waals surface area contributed by atoms with Gasteiger partial charge in [-0.25, -0.2) is 0 Å². The van der Waals surface area contributed by atoms with Crippen LogP contribution in [-0.2, 0) is 0 Å². The molecule has 1 aromatic carbocycles. The summed E-state index contributed by atoms with van der Waals surface area (Å²) >= 11 is 0. The van der Waals surface area contributed by atoms with Gasteiger partial charge in [-0.05, 0) is 17.3 Å². The summed E-state index contributed by atoms with van der Waals surface area (Å²) in [7, 11) is 0. The summed E-state index contributed by atoms with van der Waals surface area (Å²) in [5.41, 5.74) is 0.0810. The third-order valence-corrected chi connectivity index (χ3v) is 0.980. The molecular formula is C6H5NNaO2. The molecule has 1 radical (unpaired) electrons. The number of rotatable bonds is 1. The van der Waals surface area contributed by atoms with Crippen molar-refractivity contribution in [1.29, 1.82) is 0 Å². The van der Waals surface area contributed by atoms with Gasteiger partial charge in [0.15, 0.2) is 0 Å². The van der Waals surface area contributed by atoms with Gasteiger partial charge in [0.1, 0.15) is 11.4 Å². The van der Waals surface area contributed by atoms with Crippen molar-refractivity contribution in [2.24, 2.45) is 5.18 Å². The standard InChI is InChI=1S/C6H5NO2.Na/c8-6-4-2-1-3-5(6)7-9;/h1-4,8H;. The first kappa shape index (κ1) is 9.62. The van der Waals surface area contributed by atoms with Gasteiger partial charge in [-0.3, -0.25) is 0 Å². The fraction of sp³-hybridized carbons (Fsp3) is 0. The van der Waals surface area contributed by atoms with Crippen LogP contribution in [0.2, 0.25) is 0 Å². The quantitative estimate of drug-likeness (QED) is 0.481. The number of hydrogen-bond donors (Lipinski definition) is 1. The predicted octanol–water partition coefficient (Wildman–Crippen LogP) is 1.41. The van der Waals surface area contributed by atoms with E-state index in [0.717, 1.165) is 0 Å². The molecule has 10 heavy (non-hydrogen) atoms. The van der Waals surface area contributed by atoms with Gasteiger partial charge >= 0.3 is 0 Å². The number of hydrogen-bond acceptors (Lipinski definition) is 3. The zero-order valence-electron chi connectivity index (χ0n) is 5.61. The van der Waals surface area contributed by atoms with E-state index < -0.39 is 0 Å². The van der Waals surface area contributed by atoms with Crippen molar-refractivity contribution in [2.75, 3.05) is 0 Å². The van der Waals surface area contributed by atoms with Crippen molar-refractivity contribution < 1.29 is 5.11 Å². The van der Waals surface area contributed by atoms with Crippen LogP contribution < -0.4 is 0 Å². The van der Waals surface area contributed by atoms with Crippen molar-refractivity contribution >= 4 is 35.2 Å². The van der Waals surface area contributed by atoms with Crippen molar-refractivity contribution in [1.82, 2.24) is 0 Å². The molecular weight excluding hydrogens is 141 g/mol. The number of aromatic hydroxyl groups is 1. The molecule has 0 aliphatic rings. The van der Waals surface area contributed by atoms with Crippen LogP contribution in [0.25, 0.3) is 0 Å². The fourth-order valence-electron chi connectivity index (χ4n) is 0.541. The van der Waals surface area contributed by atoms with E-state index in [2.05, 4.69) is 5.18 Å². The summed E-state index contributed by atoms with van der Waals surface area (Å²) in [6.45, 7) is 0. The molecule has 0 spiro atoms. The maximum Gasteiger partial charge on any atom is 0.149 e. The van der Waals surface area contributed by atoms with E-state index in [4.69, 9.17) is 5.11 Å². The molecule has 0 saturated heterocycles. The van der Waals surface area contributed by atoms with Gasteiger partial charge in [0, 0.05) is 29.6 Å². The number of para-hydroxylation sites is 1. The molecule has 0 aromatic heterocycles. The SMILES string of the molecule is O=Nc1ccccc1O.[Na]. The minimum absolute atomic E-state index is 0. The Hall–Kier alpha value is -0.380. The van der Waals surface area contributed by atoms with Gasteiger partial charge in [0.2, 0.25) is 0 Å². The van der Waals surface area contributed by atoms with Crippen molar-refractivity contribution in [2.45, 2.75) is 0 Å². The summed E-state index contributed by atoms with van der Waals surface area (Å²) in [4.78, 5) is 9.82. The van der Waals surface area contributed by atoms with Gasteiger partial charge in [-0.15, -0.1) is 4.91 Å². The molecule has 47 valence electrons. The fourth-order valence-corrected chi connectivity index (χ4v) is 0.541. The van der Waals surface area contributed by atoms with Gasteiger partial charge in [0.05, 0.1) is 0 Å². The van der Waals surface area contributed by atoms with Gasteiger partial charge in [-0.2, -0.15) is 0 Å². The molecule has 0 fully saturated rings. The Bertz CT molecular complexity index is 227. The Balaban J connectivity index is 0.000000810. The Morgan fingerprint density at radius 1 is 1.30 bits per heavy atom. The van der Waals surface area contributed by atoms with E-state index in [-0.39, 0.29) is 41.0 Å². The maximum atomic E-state index is 9.82. The van der Waals surface area contributed by atoms with Crippen LogP contribution in [0, 0.1) is 4.91 Å². The molecule has 0 saturated carbocycles. The minimum Gasteiger partial charge on any atom is -0.506 e. The third kappa shape index (κ3) is 2.10. The normalized spacial score (nSPS) is 8.00. The van der Waals surface area contributed by atoms with Crippen LogP contribution in [0.1, 0.15) is 0 Å². The van der Waals surface area contributed by atoms with E-state index in [1.165, 1.54) is 12.1 Å². The first-order valence-electron chi connectivity index (χ1n) is 2.46. The van der Waals surface area contributed by atoms with Gasteiger partial charge in [0.25, 0.3) is 0 Å². The molecule has 4 heteroatoms. The number of nitroso groups, excluding NO2 is 1.